The zero-order valence-electron chi connectivity index (χ0n) is 6.31. The Morgan fingerprint density at radius 3 is 3.00 bits per heavy atom. The number of fused-ring (bicyclic) bond motifs is 1. The van der Waals surface area contributed by atoms with Gasteiger partial charge in [-0.15, -0.1) is 0 Å². The van der Waals surface area contributed by atoms with Crippen LogP contribution in [0.25, 0.3) is 17.4 Å². The van der Waals surface area contributed by atoms with Gasteiger partial charge < -0.3 is 10.3 Å². The molecule has 0 bridgehead atoms. The molecular formula is C7H7N5. The lowest BCUT2D eigenvalue weighted by Crippen LogP contribution is -1.95. The molecule has 2 rings (SSSR count). The fourth-order valence-electron chi connectivity index (χ4n) is 1.04. The topological polar surface area (TPSA) is 69.6 Å². The number of rotatable bonds is 1. The lowest BCUT2D eigenvalue weighted by molar-refractivity contribution is 1.17. The number of nitrogen functional groups attached to an aromatic ring is 1. The molecule has 0 atom stereocenters. The van der Waals surface area contributed by atoms with E-state index in [1.54, 1.807) is 17.1 Å². The van der Waals surface area contributed by atoms with Gasteiger partial charge in [0.05, 0.1) is 0 Å². The highest BCUT2D eigenvalue weighted by Gasteiger charge is 2.04. The fourth-order valence-corrected chi connectivity index (χ4v) is 1.04. The van der Waals surface area contributed by atoms with Crippen molar-refractivity contribution in [1.29, 1.82) is 0 Å². The molecule has 0 spiro atoms. The number of anilines is 1. The Balaban J connectivity index is 2.91. The van der Waals surface area contributed by atoms with Gasteiger partial charge in [-0.2, -0.15) is 0 Å². The van der Waals surface area contributed by atoms with Gasteiger partial charge in [-0.1, -0.05) is 6.58 Å². The molecule has 0 fully saturated rings. The average Bonchev–Trinajstić information content (AvgIpc) is 2.49. The fraction of sp³-hybridized carbons (Fsp3) is 0. The second kappa shape index (κ2) is 2.30. The molecule has 2 N–H and O–H groups in total. The predicted octanol–water partition coefficient (Wildman–Crippen LogP) is 0.509. The van der Waals surface area contributed by atoms with Crippen molar-refractivity contribution >= 4 is 23.2 Å². The Morgan fingerprint density at radius 2 is 2.25 bits per heavy atom. The maximum absolute atomic E-state index is 5.62. The highest BCUT2D eigenvalue weighted by Crippen LogP contribution is 2.14. The van der Waals surface area contributed by atoms with Crippen molar-refractivity contribution in [3.63, 3.8) is 0 Å². The van der Waals surface area contributed by atoms with Crippen LogP contribution in [-0.4, -0.2) is 19.5 Å². The molecule has 0 radical (unpaired) electrons. The van der Waals surface area contributed by atoms with Gasteiger partial charge >= 0.3 is 0 Å². The van der Waals surface area contributed by atoms with E-state index >= 15 is 0 Å². The van der Waals surface area contributed by atoms with Crippen LogP contribution in [0.4, 0.5) is 5.82 Å². The van der Waals surface area contributed by atoms with E-state index in [9.17, 15) is 0 Å². The monoisotopic (exact) mass is 161 g/mol. The lowest BCUT2D eigenvalue weighted by Gasteiger charge is -1.96. The first-order valence-corrected chi connectivity index (χ1v) is 3.38. The minimum Gasteiger partial charge on any atom is -0.382 e. The van der Waals surface area contributed by atoms with Gasteiger partial charge in [-0.25, -0.2) is 15.0 Å². The van der Waals surface area contributed by atoms with Crippen LogP contribution in [0.2, 0.25) is 0 Å². The minimum atomic E-state index is 0.414. The van der Waals surface area contributed by atoms with Gasteiger partial charge in [-0.3, -0.25) is 0 Å². The first kappa shape index (κ1) is 6.78. The standard InChI is InChI=1S/C7H7N5/c1-2-12-4-11-7-5(12)6(8)9-3-10-7/h2-4H,1H2,(H2,8,9,10). The summed E-state index contributed by atoms with van der Waals surface area (Å²) in [4.78, 5) is 11.8. The molecule has 0 amide bonds. The van der Waals surface area contributed by atoms with Crippen LogP contribution in [0.3, 0.4) is 0 Å². The van der Waals surface area contributed by atoms with Gasteiger partial charge in [-0.05, 0) is 0 Å². The molecule has 5 heteroatoms. The van der Waals surface area contributed by atoms with Crippen LogP contribution in [0, 0.1) is 0 Å². The van der Waals surface area contributed by atoms with E-state index < -0.39 is 0 Å². The van der Waals surface area contributed by atoms with Crippen molar-refractivity contribution in [1.82, 2.24) is 19.5 Å². The minimum absolute atomic E-state index is 0.414. The van der Waals surface area contributed by atoms with E-state index in [0.29, 0.717) is 17.0 Å². The molecule has 5 nitrogen and oxygen atoms in total. The molecule has 60 valence electrons. The molecule has 0 aromatic carbocycles. The van der Waals surface area contributed by atoms with Crippen LogP contribution in [0.1, 0.15) is 0 Å². The largest absolute Gasteiger partial charge is 0.382 e. The number of nitrogens with zero attached hydrogens (tertiary/aromatic N) is 4. The summed E-state index contributed by atoms with van der Waals surface area (Å²) in [5.74, 6) is 0.414. The second-order valence-corrected chi connectivity index (χ2v) is 2.27. The molecule has 0 aliphatic heterocycles. The molecule has 0 saturated heterocycles. The quantitative estimate of drug-likeness (QED) is 0.661. The molecule has 2 aromatic heterocycles. The highest BCUT2D eigenvalue weighted by atomic mass is 15.1. The molecule has 12 heavy (non-hydrogen) atoms. The third kappa shape index (κ3) is 0.763. The SMILES string of the molecule is C=Cn1cnc2ncnc(N)c21. The Bertz CT molecular complexity index is 430. The normalized spacial score (nSPS) is 10.3. The zero-order valence-corrected chi connectivity index (χ0v) is 6.31. The van der Waals surface area contributed by atoms with E-state index in [1.165, 1.54) is 6.33 Å². The van der Waals surface area contributed by atoms with E-state index in [2.05, 4.69) is 21.5 Å². The molecule has 2 aromatic rings. The summed E-state index contributed by atoms with van der Waals surface area (Å²) in [6, 6.07) is 0. The van der Waals surface area contributed by atoms with Crippen molar-refractivity contribution < 1.29 is 0 Å². The molecule has 0 aliphatic rings. The third-order valence-corrected chi connectivity index (χ3v) is 1.59. The summed E-state index contributed by atoms with van der Waals surface area (Å²) in [6.07, 6.45) is 4.59. The first-order valence-electron chi connectivity index (χ1n) is 3.38. The van der Waals surface area contributed by atoms with Gasteiger partial charge in [0, 0.05) is 6.20 Å². The molecular weight excluding hydrogens is 154 g/mol. The molecule has 0 saturated carbocycles. The highest BCUT2D eigenvalue weighted by molar-refractivity contribution is 5.83. The Hall–Kier alpha value is -1.91. The van der Waals surface area contributed by atoms with E-state index in [-0.39, 0.29) is 0 Å². The second-order valence-electron chi connectivity index (χ2n) is 2.27. The summed E-state index contributed by atoms with van der Waals surface area (Å²) >= 11 is 0. The maximum atomic E-state index is 5.62. The van der Waals surface area contributed by atoms with Crippen LogP contribution in [-0.2, 0) is 0 Å². The predicted molar refractivity (Wildman–Crippen MR) is 46.1 cm³/mol. The smallest absolute Gasteiger partial charge is 0.183 e. The van der Waals surface area contributed by atoms with E-state index in [1.807, 2.05) is 0 Å². The van der Waals surface area contributed by atoms with Crippen molar-refractivity contribution in [2.75, 3.05) is 5.73 Å². The van der Waals surface area contributed by atoms with Crippen molar-refractivity contribution in [2.45, 2.75) is 0 Å². The summed E-state index contributed by atoms with van der Waals surface area (Å²) in [7, 11) is 0. The van der Waals surface area contributed by atoms with Crippen LogP contribution in [0.5, 0.6) is 0 Å². The average molecular weight is 161 g/mol. The van der Waals surface area contributed by atoms with Crippen molar-refractivity contribution in [2.24, 2.45) is 0 Å². The maximum Gasteiger partial charge on any atom is 0.183 e. The van der Waals surface area contributed by atoms with Crippen LogP contribution in [0.15, 0.2) is 19.2 Å². The van der Waals surface area contributed by atoms with Crippen molar-refractivity contribution in [3.8, 4) is 0 Å². The first-order chi connectivity index (χ1) is 5.83. The number of hydrogen-bond acceptors (Lipinski definition) is 4. The van der Waals surface area contributed by atoms with Crippen LogP contribution >= 0.6 is 0 Å². The van der Waals surface area contributed by atoms with Gasteiger partial charge in [0.1, 0.15) is 18.2 Å². The molecule has 0 aliphatic carbocycles. The van der Waals surface area contributed by atoms with Gasteiger partial charge in [0.15, 0.2) is 11.5 Å². The number of aromatic nitrogens is 4. The van der Waals surface area contributed by atoms with Gasteiger partial charge in [0.2, 0.25) is 0 Å². The zero-order chi connectivity index (χ0) is 8.55. The Labute approximate surface area is 68.6 Å². The summed E-state index contributed by atoms with van der Waals surface area (Å²) < 4.78 is 1.69. The molecule has 2 heterocycles. The number of nitrogens with two attached hydrogens (primary N) is 1. The summed E-state index contributed by atoms with van der Waals surface area (Å²) in [5, 5.41) is 0. The molecule has 0 unspecified atom stereocenters. The summed E-state index contributed by atoms with van der Waals surface area (Å²) in [5.41, 5.74) is 6.90. The van der Waals surface area contributed by atoms with E-state index in [4.69, 9.17) is 5.73 Å². The van der Waals surface area contributed by atoms with Crippen molar-refractivity contribution in [3.05, 3.63) is 19.2 Å². The number of hydrogen-bond donors (Lipinski definition) is 1. The third-order valence-electron chi connectivity index (χ3n) is 1.59. The summed E-state index contributed by atoms with van der Waals surface area (Å²) in [6.45, 7) is 3.61. The Kier molecular flexibility index (Phi) is 1.30. The van der Waals surface area contributed by atoms with Gasteiger partial charge in [0.25, 0.3) is 0 Å². The van der Waals surface area contributed by atoms with Crippen LogP contribution < -0.4 is 5.73 Å². The Morgan fingerprint density at radius 1 is 1.42 bits per heavy atom. The lowest BCUT2D eigenvalue weighted by atomic mass is 10.5. The van der Waals surface area contributed by atoms with E-state index in [0.717, 1.165) is 0 Å². The number of imidazole rings is 1.